The predicted molar refractivity (Wildman–Crippen MR) is 54.3 cm³/mol. The Bertz CT molecular complexity index is 418. The third kappa shape index (κ3) is 2.25. The van der Waals surface area contributed by atoms with E-state index in [9.17, 15) is 4.79 Å². The standard InChI is InChI=1S/C10H8ClNO2/c11-9-5-1-3-8(10(13)14)7(9)4-2-6-12/h1,3,5H,6,12H2,(H,13,14). The van der Waals surface area contributed by atoms with Gasteiger partial charge in [0.25, 0.3) is 0 Å². The molecular weight excluding hydrogens is 202 g/mol. The lowest BCUT2D eigenvalue weighted by molar-refractivity contribution is 0.0696. The lowest BCUT2D eigenvalue weighted by Crippen LogP contribution is -2.01. The molecule has 4 heteroatoms. The topological polar surface area (TPSA) is 63.3 Å². The molecule has 0 aliphatic rings. The van der Waals surface area contributed by atoms with Crippen LogP contribution in [0.3, 0.4) is 0 Å². The molecule has 0 aliphatic carbocycles. The Balaban J connectivity index is 3.29. The SMILES string of the molecule is NCC#Cc1c(Cl)cccc1C(=O)O. The summed E-state index contributed by atoms with van der Waals surface area (Å²) >= 11 is 5.80. The Morgan fingerprint density at radius 3 is 2.86 bits per heavy atom. The van der Waals surface area contributed by atoms with Crippen molar-refractivity contribution in [3.8, 4) is 11.8 Å². The number of benzene rings is 1. The Hall–Kier alpha value is -1.50. The van der Waals surface area contributed by atoms with E-state index in [-0.39, 0.29) is 12.1 Å². The number of carbonyl (C=O) groups is 1. The van der Waals surface area contributed by atoms with Gasteiger partial charge in [-0.3, -0.25) is 0 Å². The van der Waals surface area contributed by atoms with Crippen LogP contribution in [0.4, 0.5) is 0 Å². The molecule has 0 aliphatic heterocycles. The van der Waals surface area contributed by atoms with Crippen molar-refractivity contribution >= 4 is 17.6 Å². The highest BCUT2D eigenvalue weighted by molar-refractivity contribution is 6.32. The van der Waals surface area contributed by atoms with Crippen molar-refractivity contribution in [3.05, 3.63) is 34.3 Å². The zero-order valence-electron chi connectivity index (χ0n) is 7.25. The fourth-order valence-corrected chi connectivity index (χ4v) is 1.19. The van der Waals surface area contributed by atoms with Crippen LogP contribution < -0.4 is 5.73 Å². The summed E-state index contributed by atoms with van der Waals surface area (Å²) in [7, 11) is 0. The van der Waals surface area contributed by atoms with Crippen LogP contribution >= 0.6 is 11.6 Å². The second-order valence-electron chi connectivity index (χ2n) is 2.47. The summed E-state index contributed by atoms with van der Waals surface area (Å²) < 4.78 is 0. The Labute approximate surface area is 86.5 Å². The monoisotopic (exact) mass is 209 g/mol. The maximum Gasteiger partial charge on any atom is 0.337 e. The molecule has 1 aromatic carbocycles. The molecule has 0 unspecified atom stereocenters. The number of halogens is 1. The van der Waals surface area contributed by atoms with Crippen LogP contribution in [-0.2, 0) is 0 Å². The van der Waals surface area contributed by atoms with Gasteiger partial charge in [-0.15, -0.1) is 0 Å². The fraction of sp³-hybridized carbons (Fsp3) is 0.100. The van der Waals surface area contributed by atoms with Crippen molar-refractivity contribution in [3.63, 3.8) is 0 Å². The van der Waals surface area contributed by atoms with E-state index in [0.717, 1.165) is 0 Å². The summed E-state index contributed by atoms with van der Waals surface area (Å²) in [4.78, 5) is 10.8. The first-order valence-corrected chi connectivity index (χ1v) is 4.25. The van der Waals surface area contributed by atoms with E-state index in [4.69, 9.17) is 22.4 Å². The molecule has 0 bridgehead atoms. The first kappa shape index (κ1) is 10.6. The maximum atomic E-state index is 10.8. The average Bonchev–Trinajstić information content (AvgIpc) is 2.15. The van der Waals surface area contributed by atoms with Crippen LogP contribution in [-0.4, -0.2) is 17.6 Å². The molecule has 72 valence electrons. The average molecular weight is 210 g/mol. The molecule has 0 amide bonds. The third-order valence-corrected chi connectivity index (χ3v) is 1.87. The summed E-state index contributed by atoms with van der Waals surface area (Å²) in [5.41, 5.74) is 5.60. The normalized spacial score (nSPS) is 9.00. The summed E-state index contributed by atoms with van der Waals surface area (Å²) in [5, 5.41) is 9.16. The number of carboxylic acids is 1. The van der Waals surface area contributed by atoms with E-state index in [1.54, 1.807) is 12.1 Å². The van der Waals surface area contributed by atoms with Crippen molar-refractivity contribution in [1.29, 1.82) is 0 Å². The van der Waals surface area contributed by atoms with E-state index in [2.05, 4.69) is 11.8 Å². The van der Waals surface area contributed by atoms with Crippen molar-refractivity contribution in [2.45, 2.75) is 0 Å². The molecule has 1 rings (SSSR count). The zero-order chi connectivity index (χ0) is 10.6. The van der Waals surface area contributed by atoms with Gasteiger partial charge in [-0.25, -0.2) is 4.79 Å². The van der Waals surface area contributed by atoms with E-state index in [0.29, 0.717) is 10.6 Å². The lowest BCUT2D eigenvalue weighted by Gasteiger charge is -2.00. The molecule has 1 aromatic rings. The van der Waals surface area contributed by atoms with Gasteiger partial charge < -0.3 is 10.8 Å². The number of hydrogen-bond acceptors (Lipinski definition) is 2. The van der Waals surface area contributed by atoms with E-state index in [1.165, 1.54) is 6.07 Å². The Kier molecular flexibility index (Phi) is 3.52. The molecular formula is C10H8ClNO2. The van der Waals surface area contributed by atoms with Gasteiger partial charge in [0.05, 0.1) is 22.7 Å². The van der Waals surface area contributed by atoms with Crippen LogP contribution in [0.5, 0.6) is 0 Å². The molecule has 3 N–H and O–H groups in total. The predicted octanol–water partition coefficient (Wildman–Crippen LogP) is 1.35. The van der Waals surface area contributed by atoms with Gasteiger partial charge in [0.15, 0.2) is 0 Å². The number of aromatic carboxylic acids is 1. The van der Waals surface area contributed by atoms with Gasteiger partial charge in [0, 0.05) is 0 Å². The maximum absolute atomic E-state index is 10.8. The zero-order valence-corrected chi connectivity index (χ0v) is 8.01. The minimum atomic E-state index is -1.05. The molecule has 0 fully saturated rings. The molecule has 0 atom stereocenters. The van der Waals surface area contributed by atoms with E-state index >= 15 is 0 Å². The second-order valence-corrected chi connectivity index (χ2v) is 2.88. The molecule has 0 aromatic heterocycles. The number of hydrogen-bond donors (Lipinski definition) is 2. The summed E-state index contributed by atoms with van der Waals surface area (Å²) in [6.45, 7) is 0.171. The highest BCUT2D eigenvalue weighted by atomic mass is 35.5. The second kappa shape index (κ2) is 4.66. The van der Waals surface area contributed by atoms with Crippen LogP contribution in [0.25, 0.3) is 0 Å². The summed E-state index contributed by atoms with van der Waals surface area (Å²) in [6, 6.07) is 4.61. The quantitative estimate of drug-likeness (QED) is 0.687. The fourth-order valence-electron chi connectivity index (χ4n) is 0.969. The highest BCUT2D eigenvalue weighted by Crippen LogP contribution is 2.18. The molecule has 0 heterocycles. The van der Waals surface area contributed by atoms with Crippen molar-refractivity contribution < 1.29 is 9.90 Å². The van der Waals surface area contributed by atoms with E-state index in [1.807, 2.05) is 0 Å². The summed E-state index contributed by atoms with van der Waals surface area (Å²) in [5.74, 6) is 4.16. The van der Waals surface area contributed by atoms with Crippen LogP contribution in [0, 0.1) is 11.8 Å². The number of carboxylic acid groups (broad SMARTS) is 1. The van der Waals surface area contributed by atoms with E-state index < -0.39 is 5.97 Å². The minimum absolute atomic E-state index is 0.0958. The molecule has 3 nitrogen and oxygen atoms in total. The van der Waals surface area contributed by atoms with Crippen LogP contribution in [0.1, 0.15) is 15.9 Å². The molecule has 14 heavy (non-hydrogen) atoms. The number of rotatable bonds is 1. The van der Waals surface area contributed by atoms with Crippen LogP contribution in [0.15, 0.2) is 18.2 Å². The van der Waals surface area contributed by atoms with Gasteiger partial charge in [-0.2, -0.15) is 0 Å². The Morgan fingerprint density at radius 1 is 1.57 bits per heavy atom. The van der Waals surface area contributed by atoms with Gasteiger partial charge in [0.2, 0.25) is 0 Å². The molecule has 0 saturated carbocycles. The first-order chi connectivity index (χ1) is 6.66. The third-order valence-electron chi connectivity index (χ3n) is 1.56. The van der Waals surface area contributed by atoms with Crippen LogP contribution in [0.2, 0.25) is 5.02 Å². The largest absolute Gasteiger partial charge is 0.478 e. The van der Waals surface area contributed by atoms with Crippen molar-refractivity contribution in [2.75, 3.05) is 6.54 Å². The minimum Gasteiger partial charge on any atom is -0.478 e. The smallest absolute Gasteiger partial charge is 0.337 e. The van der Waals surface area contributed by atoms with Gasteiger partial charge in [0.1, 0.15) is 0 Å². The van der Waals surface area contributed by atoms with Gasteiger partial charge >= 0.3 is 5.97 Å². The summed E-state index contributed by atoms with van der Waals surface area (Å²) in [6.07, 6.45) is 0. The first-order valence-electron chi connectivity index (χ1n) is 3.87. The Morgan fingerprint density at radius 2 is 2.29 bits per heavy atom. The molecule has 0 saturated heterocycles. The van der Waals surface area contributed by atoms with Gasteiger partial charge in [-0.1, -0.05) is 29.5 Å². The highest BCUT2D eigenvalue weighted by Gasteiger charge is 2.10. The molecule has 0 radical (unpaired) electrons. The lowest BCUT2D eigenvalue weighted by atomic mass is 10.1. The van der Waals surface area contributed by atoms with Gasteiger partial charge in [-0.05, 0) is 12.1 Å². The molecule has 0 spiro atoms. The van der Waals surface area contributed by atoms with Crippen molar-refractivity contribution in [2.24, 2.45) is 5.73 Å². The van der Waals surface area contributed by atoms with Crippen molar-refractivity contribution in [1.82, 2.24) is 0 Å². The number of nitrogens with two attached hydrogens (primary N) is 1.